The normalized spacial score (nSPS) is 50.6. The molecule has 0 saturated carbocycles. The van der Waals surface area contributed by atoms with Gasteiger partial charge in [-0.15, -0.1) is 0 Å². The Morgan fingerprint density at radius 1 is 1.50 bits per heavy atom. The van der Waals surface area contributed by atoms with E-state index in [0.717, 1.165) is 6.42 Å². The predicted molar refractivity (Wildman–Crippen MR) is 52.0 cm³/mol. The van der Waals surface area contributed by atoms with Gasteiger partial charge >= 0.3 is 0 Å². The van der Waals surface area contributed by atoms with Gasteiger partial charge in [0.2, 0.25) is 0 Å². The standard InChI is InChI=1S/C10H16N2O2/c1-10(5-12-9(11)14-10)7-4-6-2-3-8(7)13-6/h6-8H,2-5H2,1H3,(H2,11,12). The first-order chi connectivity index (χ1) is 6.67. The van der Waals surface area contributed by atoms with Crippen molar-refractivity contribution in [3.8, 4) is 0 Å². The number of fused-ring (bicyclic) bond motifs is 2. The minimum atomic E-state index is -0.204. The lowest BCUT2D eigenvalue weighted by atomic mass is 9.78. The summed E-state index contributed by atoms with van der Waals surface area (Å²) in [5.41, 5.74) is 5.36. The van der Waals surface area contributed by atoms with E-state index in [1.807, 2.05) is 0 Å². The van der Waals surface area contributed by atoms with Gasteiger partial charge in [0.15, 0.2) is 0 Å². The van der Waals surface area contributed by atoms with Crippen LogP contribution in [0.1, 0.15) is 26.2 Å². The molecule has 2 bridgehead atoms. The highest BCUT2D eigenvalue weighted by Gasteiger charge is 2.52. The van der Waals surface area contributed by atoms with Crippen molar-refractivity contribution in [2.75, 3.05) is 6.54 Å². The van der Waals surface area contributed by atoms with Gasteiger partial charge in [0, 0.05) is 5.92 Å². The molecule has 2 N–H and O–H groups in total. The van der Waals surface area contributed by atoms with Crippen LogP contribution in [0.4, 0.5) is 0 Å². The molecule has 0 aromatic carbocycles. The second-order valence-electron chi connectivity index (χ2n) is 4.79. The van der Waals surface area contributed by atoms with Crippen LogP contribution in [0.5, 0.6) is 0 Å². The zero-order chi connectivity index (χ0) is 9.76. The molecule has 3 aliphatic rings. The van der Waals surface area contributed by atoms with E-state index in [9.17, 15) is 0 Å². The van der Waals surface area contributed by atoms with E-state index in [-0.39, 0.29) is 5.60 Å². The molecule has 4 unspecified atom stereocenters. The first-order valence-corrected chi connectivity index (χ1v) is 5.32. The molecule has 4 atom stereocenters. The third kappa shape index (κ3) is 1.06. The van der Waals surface area contributed by atoms with E-state index in [1.165, 1.54) is 12.8 Å². The molecule has 0 aromatic heterocycles. The van der Waals surface area contributed by atoms with Crippen LogP contribution in [0.15, 0.2) is 4.99 Å². The summed E-state index contributed by atoms with van der Waals surface area (Å²) in [7, 11) is 0. The van der Waals surface area contributed by atoms with Crippen LogP contribution in [0, 0.1) is 5.92 Å². The molecule has 78 valence electrons. The summed E-state index contributed by atoms with van der Waals surface area (Å²) in [5.74, 6) is 0.478. The zero-order valence-corrected chi connectivity index (χ0v) is 8.40. The summed E-state index contributed by atoms with van der Waals surface area (Å²) in [6.07, 6.45) is 4.35. The van der Waals surface area contributed by atoms with E-state index in [1.54, 1.807) is 0 Å². The summed E-state index contributed by atoms with van der Waals surface area (Å²) in [5, 5.41) is 0. The van der Waals surface area contributed by atoms with E-state index in [4.69, 9.17) is 15.2 Å². The largest absolute Gasteiger partial charge is 0.457 e. The lowest BCUT2D eigenvalue weighted by Gasteiger charge is -2.33. The number of nitrogens with zero attached hydrogens (tertiary/aromatic N) is 1. The van der Waals surface area contributed by atoms with Gasteiger partial charge in [-0.3, -0.25) is 0 Å². The summed E-state index contributed by atoms with van der Waals surface area (Å²) in [6.45, 7) is 2.79. The van der Waals surface area contributed by atoms with E-state index in [2.05, 4.69) is 11.9 Å². The Morgan fingerprint density at radius 3 is 2.86 bits per heavy atom. The molecule has 0 radical (unpaired) electrons. The van der Waals surface area contributed by atoms with Gasteiger partial charge in [0.05, 0.1) is 18.8 Å². The van der Waals surface area contributed by atoms with Gasteiger partial charge in [-0.2, -0.15) is 0 Å². The number of rotatable bonds is 1. The van der Waals surface area contributed by atoms with Crippen molar-refractivity contribution in [1.29, 1.82) is 0 Å². The fourth-order valence-corrected chi connectivity index (χ4v) is 3.01. The maximum Gasteiger partial charge on any atom is 0.282 e. The molecule has 4 nitrogen and oxygen atoms in total. The average molecular weight is 196 g/mol. The van der Waals surface area contributed by atoms with Gasteiger partial charge < -0.3 is 15.2 Å². The number of hydrogen-bond acceptors (Lipinski definition) is 4. The van der Waals surface area contributed by atoms with E-state index >= 15 is 0 Å². The minimum absolute atomic E-state index is 0.204. The molecule has 0 amide bonds. The van der Waals surface area contributed by atoms with Gasteiger partial charge in [0.25, 0.3) is 6.02 Å². The third-order valence-corrected chi connectivity index (χ3v) is 3.78. The molecule has 4 heteroatoms. The summed E-state index contributed by atoms with van der Waals surface area (Å²) in [4.78, 5) is 4.13. The monoisotopic (exact) mass is 196 g/mol. The van der Waals surface area contributed by atoms with Crippen LogP contribution in [-0.2, 0) is 9.47 Å². The first kappa shape index (κ1) is 8.53. The Labute approximate surface area is 83.5 Å². The van der Waals surface area contributed by atoms with Gasteiger partial charge in [-0.05, 0) is 26.2 Å². The van der Waals surface area contributed by atoms with Crippen LogP contribution in [0.2, 0.25) is 0 Å². The molecule has 2 fully saturated rings. The molecule has 3 heterocycles. The van der Waals surface area contributed by atoms with Gasteiger partial charge in [0.1, 0.15) is 5.60 Å². The Hall–Kier alpha value is -0.770. The van der Waals surface area contributed by atoms with Gasteiger partial charge in [-0.1, -0.05) is 0 Å². The second kappa shape index (κ2) is 2.63. The number of ether oxygens (including phenoxy) is 2. The molecular formula is C10H16N2O2. The van der Waals surface area contributed by atoms with Crippen molar-refractivity contribution in [2.45, 2.75) is 44.0 Å². The second-order valence-corrected chi connectivity index (χ2v) is 4.79. The highest BCUT2D eigenvalue weighted by atomic mass is 16.5. The van der Waals surface area contributed by atoms with Crippen molar-refractivity contribution in [1.82, 2.24) is 0 Å². The Bertz CT molecular complexity index is 292. The van der Waals surface area contributed by atoms with Crippen molar-refractivity contribution in [3.05, 3.63) is 0 Å². The summed E-state index contributed by atoms with van der Waals surface area (Å²) >= 11 is 0. The molecule has 3 aliphatic heterocycles. The lowest BCUT2D eigenvalue weighted by molar-refractivity contribution is -0.000480. The van der Waals surface area contributed by atoms with Crippen molar-refractivity contribution in [2.24, 2.45) is 16.6 Å². The Kier molecular flexibility index (Phi) is 1.60. The van der Waals surface area contributed by atoms with Crippen LogP contribution in [0.25, 0.3) is 0 Å². The minimum Gasteiger partial charge on any atom is -0.457 e. The Morgan fingerprint density at radius 2 is 2.36 bits per heavy atom. The molecule has 2 saturated heterocycles. The number of nitrogens with two attached hydrogens (primary N) is 1. The number of amidine groups is 1. The predicted octanol–water partition coefficient (Wildman–Crippen LogP) is 0.658. The number of aliphatic imine (C=N–C) groups is 1. The molecule has 0 aliphatic carbocycles. The highest BCUT2D eigenvalue weighted by molar-refractivity contribution is 5.73. The molecule has 0 spiro atoms. The average Bonchev–Trinajstić information content (AvgIpc) is 2.80. The van der Waals surface area contributed by atoms with Crippen LogP contribution < -0.4 is 5.73 Å². The smallest absolute Gasteiger partial charge is 0.282 e. The molecule has 3 rings (SSSR count). The van der Waals surface area contributed by atoms with E-state index in [0.29, 0.717) is 30.7 Å². The fourth-order valence-electron chi connectivity index (χ4n) is 3.01. The van der Waals surface area contributed by atoms with Crippen molar-refractivity contribution in [3.63, 3.8) is 0 Å². The first-order valence-electron chi connectivity index (χ1n) is 5.32. The van der Waals surface area contributed by atoms with Gasteiger partial charge in [-0.25, -0.2) is 4.99 Å². The molecule has 0 aromatic rings. The fraction of sp³-hybridized carbons (Fsp3) is 0.900. The maximum atomic E-state index is 5.83. The SMILES string of the molecule is CC1(C2CC3CCC2O3)CN=C(N)O1. The molecule has 14 heavy (non-hydrogen) atoms. The van der Waals surface area contributed by atoms with Crippen LogP contribution in [0.3, 0.4) is 0 Å². The lowest BCUT2D eigenvalue weighted by Crippen LogP contribution is -2.44. The zero-order valence-electron chi connectivity index (χ0n) is 8.40. The quantitative estimate of drug-likeness (QED) is 0.670. The van der Waals surface area contributed by atoms with Crippen LogP contribution >= 0.6 is 0 Å². The third-order valence-electron chi connectivity index (χ3n) is 3.78. The Balaban J connectivity index is 1.77. The van der Waals surface area contributed by atoms with Crippen molar-refractivity contribution >= 4 is 6.02 Å². The van der Waals surface area contributed by atoms with Crippen molar-refractivity contribution < 1.29 is 9.47 Å². The topological polar surface area (TPSA) is 56.8 Å². The molecular weight excluding hydrogens is 180 g/mol. The summed E-state index contributed by atoms with van der Waals surface area (Å²) < 4.78 is 11.5. The number of hydrogen-bond donors (Lipinski definition) is 1. The summed E-state index contributed by atoms with van der Waals surface area (Å²) in [6, 6.07) is 0.343. The van der Waals surface area contributed by atoms with E-state index < -0.39 is 0 Å². The maximum absolute atomic E-state index is 5.83. The van der Waals surface area contributed by atoms with Crippen LogP contribution in [-0.4, -0.2) is 30.4 Å². The highest BCUT2D eigenvalue weighted by Crippen LogP contribution is 2.46.